The maximum atomic E-state index is 13.2. The first kappa shape index (κ1) is 23.9. The third-order valence-electron chi connectivity index (χ3n) is 5.16. The second-order valence-electron chi connectivity index (χ2n) is 7.56. The molecule has 1 fully saturated rings. The number of benzene rings is 2. The number of ether oxygens (including phenoxy) is 1. The van der Waals surface area contributed by atoms with Crippen molar-refractivity contribution in [2.75, 3.05) is 44.5 Å². The average molecular weight is 472 g/mol. The van der Waals surface area contributed by atoms with Crippen LogP contribution >= 0.6 is 0 Å². The molecule has 174 valence electrons. The number of carbonyl (C=O) groups excluding carboxylic acids is 1. The predicted octanol–water partition coefficient (Wildman–Crippen LogP) is 3.82. The van der Waals surface area contributed by atoms with Crippen LogP contribution in [0.4, 0.5) is 24.5 Å². The molecule has 3 rings (SSSR count). The van der Waals surface area contributed by atoms with Gasteiger partial charge in [0.05, 0.1) is 24.0 Å². The number of anilines is 2. The summed E-state index contributed by atoms with van der Waals surface area (Å²) >= 11 is 0. The van der Waals surface area contributed by atoms with Crippen LogP contribution in [0.2, 0.25) is 0 Å². The number of alkyl halides is 3. The number of methoxy groups -OCH3 is 1. The summed E-state index contributed by atoms with van der Waals surface area (Å²) in [6.45, 7) is 0.747. The summed E-state index contributed by atoms with van der Waals surface area (Å²) in [5, 5.41) is 2.48. The molecule has 1 aliphatic rings. The molecule has 1 saturated heterocycles. The van der Waals surface area contributed by atoms with E-state index < -0.39 is 27.7 Å². The van der Waals surface area contributed by atoms with E-state index in [1.165, 1.54) is 35.7 Å². The van der Waals surface area contributed by atoms with Gasteiger partial charge in [-0.25, -0.2) is 8.42 Å². The Hall–Kier alpha value is -2.79. The van der Waals surface area contributed by atoms with Crippen LogP contribution in [0.1, 0.15) is 28.8 Å². The molecule has 11 heteroatoms. The molecular weight excluding hydrogens is 447 g/mol. The first-order valence-corrected chi connectivity index (χ1v) is 11.3. The van der Waals surface area contributed by atoms with Gasteiger partial charge in [0.15, 0.2) is 0 Å². The zero-order valence-electron chi connectivity index (χ0n) is 17.9. The van der Waals surface area contributed by atoms with Crippen LogP contribution in [0.3, 0.4) is 0 Å². The highest BCUT2D eigenvalue weighted by atomic mass is 32.2. The summed E-state index contributed by atoms with van der Waals surface area (Å²) in [4.78, 5) is 14.3. The summed E-state index contributed by atoms with van der Waals surface area (Å²) < 4.78 is 72.1. The number of hydrogen-bond acceptors (Lipinski definition) is 5. The molecule has 2 aromatic carbocycles. The molecule has 1 N–H and O–H groups in total. The minimum Gasteiger partial charge on any atom is -0.495 e. The molecule has 0 aromatic heterocycles. The summed E-state index contributed by atoms with van der Waals surface area (Å²) in [5.74, 6) is -0.658. The van der Waals surface area contributed by atoms with Gasteiger partial charge in [0.25, 0.3) is 5.91 Å². The van der Waals surface area contributed by atoms with Gasteiger partial charge in [-0.3, -0.25) is 4.79 Å². The normalized spacial score (nSPS) is 14.9. The highest BCUT2D eigenvalue weighted by molar-refractivity contribution is 7.89. The fraction of sp³-hybridized carbons (Fsp3) is 0.381. The topological polar surface area (TPSA) is 79.0 Å². The summed E-state index contributed by atoms with van der Waals surface area (Å²) in [7, 11) is 0.699. The average Bonchev–Trinajstić information content (AvgIpc) is 3.28. The van der Waals surface area contributed by atoms with Gasteiger partial charge in [-0.2, -0.15) is 17.5 Å². The lowest BCUT2D eigenvalue weighted by Crippen LogP contribution is -2.28. The largest absolute Gasteiger partial charge is 0.495 e. The Kier molecular flexibility index (Phi) is 6.70. The lowest BCUT2D eigenvalue weighted by molar-refractivity contribution is -0.137. The third-order valence-corrected chi connectivity index (χ3v) is 7.08. The first-order chi connectivity index (χ1) is 14.9. The van der Waals surface area contributed by atoms with Crippen molar-refractivity contribution in [2.24, 2.45) is 0 Å². The molecule has 32 heavy (non-hydrogen) atoms. The minimum absolute atomic E-state index is 0.0225. The highest BCUT2D eigenvalue weighted by Crippen LogP contribution is 2.35. The van der Waals surface area contributed by atoms with E-state index >= 15 is 0 Å². The zero-order valence-corrected chi connectivity index (χ0v) is 18.7. The summed E-state index contributed by atoms with van der Waals surface area (Å²) in [6, 6.07) is 6.94. The van der Waals surface area contributed by atoms with Crippen LogP contribution in [0.25, 0.3) is 0 Å². The smallest absolute Gasteiger partial charge is 0.416 e. The van der Waals surface area contributed by atoms with Crippen LogP contribution in [0.5, 0.6) is 5.75 Å². The molecule has 0 unspecified atom stereocenters. The molecule has 0 saturated carbocycles. The Bertz CT molecular complexity index is 1110. The molecular formula is C21H24F3N3O4S. The molecule has 0 aliphatic carbocycles. The Morgan fingerprint density at radius 1 is 1.09 bits per heavy atom. The number of nitrogens with one attached hydrogen (secondary N) is 1. The lowest BCUT2D eigenvalue weighted by atomic mass is 10.1. The highest BCUT2D eigenvalue weighted by Gasteiger charge is 2.32. The molecule has 1 heterocycles. The minimum atomic E-state index is -4.58. The molecule has 0 spiro atoms. The first-order valence-electron chi connectivity index (χ1n) is 9.83. The van der Waals surface area contributed by atoms with E-state index in [2.05, 4.69) is 5.32 Å². The maximum absolute atomic E-state index is 13.2. The zero-order chi connectivity index (χ0) is 23.7. The molecule has 1 amide bonds. The summed E-state index contributed by atoms with van der Waals surface area (Å²) in [6.07, 6.45) is -3.10. The van der Waals surface area contributed by atoms with Crippen molar-refractivity contribution in [3.63, 3.8) is 0 Å². The van der Waals surface area contributed by atoms with Crippen molar-refractivity contribution in [3.8, 4) is 5.75 Å². The Labute approximate surface area is 184 Å². The molecule has 7 nitrogen and oxygen atoms in total. The predicted molar refractivity (Wildman–Crippen MR) is 115 cm³/mol. The molecule has 1 aliphatic heterocycles. The Balaban J connectivity index is 1.99. The van der Waals surface area contributed by atoms with Gasteiger partial charge in [0.2, 0.25) is 10.0 Å². The van der Waals surface area contributed by atoms with Crippen molar-refractivity contribution in [3.05, 3.63) is 47.5 Å². The molecule has 0 atom stereocenters. The Morgan fingerprint density at radius 3 is 2.31 bits per heavy atom. The number of amides is 1. The van der Waals surface area contributed by atoms with Crippen LogP contribution in [0.15, 0.2) is 41.3 Å². The number of nitrogens with zero attached hydrogens (tertiary/aromatic N) is 2. The van der Waals surface area contributed by atoms with Crippen LogP contribution in [-0.4, -0.2) is 52.9 Å². The van der Waals surface area contributed by atoms with Crippen molar-refractivity contribution in [1.29, 1.82) is 0 Å². The van der Waals surface area contributed by atoms with Crippen LogP contribution < -0.4 is 15.0 Å². The second-order valence-corrected chi connectivity index (χ2v) is 9.46. The van der Waals surface area contributed by atoms with Gasteiger partial charge in [0, 0.05) is 32.7 Å². The van der Waals surface area contributed by atoms with Crippen LogP contribution in [-0.2, 0) is 16.2 Å². The Morgan fingerprint density at radius 2 is 1.75 bits per heavy atom. The number of rotatable bonds is 6. The van der Waals surface area contributed by atoms with Crippen LogP contribution in [0, 0.1) is 0 Å². The van der Waals surface area contributed by atoms with Gasteiger partial charge in [-0.05, 0) is 49.2 Å². The molecule has 0 bridgehead atoms. The maximum Gasteiger partial charge on any atom is 0.416 e. The second kappa shape index (κ2) is 8.99. The van der Waals surface area contributed by atoms with Gasteiger partial charge in [0.1, 0.15) is 10.6 Å². The molecule has 0 radical (unpaired) electrons. The van der Waals surface area contributed by atoms with E-state index in [4.69, 9.17) is 4.74 Å². The monoisotopic (exact) mass is 471 g/mol. The van der Waals surface area contributed by atoms with E-state index in [9.17, 15) is 26.4 Å². The third kappa shape index (κ3) is 4.83. The number of halogens is 3. The van der Waals surface area contributed by atoms with E-state index in [0.29, 0.717) is 18.8 Å². The van der Waals surface area contributed by atoms with Gasteiger partial charge in [-0.15, -0.1) is 0 Å². The fourth-order valence-corrected chi connectivity index (χ4v) is 5.18. The van der Waals surface area contributed by atoms with E-state index in [0.717, 1.165) is 25.0 Å². The number of sulfonamides is 1. The standard InChI is InChI=1S/C21H24F3N3O4S/c1-26(2)17-8-7-15(21(22,23)24)13-16(17)25-20(28)14-6-9-18(31-3)19(12-14)32(29,30)27-10-4-5-11-27/h6-9,12-13H,4-5,10-11H2,1-3H3,(H,25,28). The van der Waals surface area contributed by atoms with E-state index in [-0.39, 0.29) is 21.9 Å². The number of hydrogen-bond donors (Lipinski definition) is 1. The fourth-order valence-electron chi connectivity index (χ4n) is 3.48. The number of carbonyl (C=O) groups is 1. The van der Waals surface area contributed by atoms with Gasteiger partial charge in [-0.1, -0.05) is 0 Å². The van der Waals surface area contributed by atoms with Crippen molar-refractivity contribution in [2.45, 2.75) is 23.9 Å². The lowest BCUT2D eigenvalue weighted by Gasteiger charge is -2.20. The van der Waals surface area contributed by atoms with Gasteiger partial charge < -0.3 is 15.0 Å². The van der Waals surface area contributed by atoms with Crippen molar-refractivity contribution < 1.29 is 31.1 Å². The van der Waals surface area contributed by atoms with Gasteiger partial charge >= 0.3 is 6.18 Å². The quantitative estimate of drug-likeness (QED) is 0.693. The van der Waals surface area contributed by atoms with Crippen molar-refractivity contribution >= 4 is 27.3 Å². The van der Waals surface area contributed by atoms with E-state index in [1.54, 1.807) is 19.0 Å². The summed E-state index contributed by atoms with van der Waals surface area (Å²) in [5.41, 5.74) is -0.615. The SMILES string of the molecule is COc1ccc(C(=O)Nc2cc(C(F)(F)F)ccc2N(C)C)cc1S(=O)(=O)N1CCCC1. The van der Waals surface area contributed by atoms with Crippen molar-refractivity contribution in [1.82, 2.24) is 4.31 Å². The van der Waals surface area contributed by atoms with E-state index in [1.807, 2.05) is 0 Å². The molecule has 2 aromatic rings.